The summed E-state index contributed by atoms with van der Waals surface area (Å²) in [4.78, 5) is 10.5. The Morgan fingerprint density at radius 2 is 2.13 bits per heavy atom. The van der Waals surface area contributed by atoms with E-state index in [1.165, 1.54) is 0 Å². The van der Waals surface area contributed by atoms with Crippen molar-refractivity contribution in [3.63, 3.8) is 0 Å². The molecule has 0 fully saturated rings. The third-order valence-electron chi connectivity index (χ3n) is 2.08. The Morgan fingerprint density at radius 3 is 2.67 bits per heavy atom. The van der Waals surface area contributed by atoms with Gasteiger partial charge in [-0.15, -0.1) is 0 Å². The predicted octanol–water partition coefficient (Wildman–Crippen LogP) is 0.449. The first-order valence-corrected chi connectivity index (χ1v) is 4.81. The van der Waals surface area contributed by atoms with E-state index in [1.54, 1.807) is 7.11 Å². The van der Waals surface area contributed by atoms with E-state index in [1.807, 2.05) is 30.3 Å². The van der Waals surface area contributed by atoms with Crippen molar-refractivity contribution >= 4 is 5.91 Å². The fourth-order valence-corrected chi connectivity index (χ4v) is 1.33. The van der Waals surface area contributed by atoms with Gasteiger partial charge in [-0.05, 0) is 5.56 Å². The summed E-state index contributed by atoms with van der Waals surface area (Å²) in [5.74, 6) is -0.363. The summed E-state index contributed by atoms with van der Waals surface area (Å²) in [6.07, 6.45) is -0.0504. The van der Waals surface area contributed by atoms with Crippen LogP contribution in [0.3, 0.4) is 0 Å². The number of ether oxygens (including phenoxy) is 1. The third kappa shape index (κ3) is 4.10. The Hall–Kier alpha value is -1.39. The molecule has 0 saturated heterocycles. The van der Waals surface area contributed by atoms with Gasteiger partial charge in [0.15, 0.2) is 0 Å². The first-order chi connectivity index (χ1) is 7.24. The summed E-state index contributed by atoms with van der Waals surface area (Å²) >= 11 is 0. The highest BCUT2D eigenvalue weighted by Gasteiger charge is 2.09. The van der Waals surface area contributed by atoms with Crippen molar-refractivity contribution in [2.75, 3.05) is 20.2 Å². The number of methoxy groups -OCH3 is 1. The zero-order valence-electron chi connectivity index (χ0n) is 8.77. The maximum absolute atomic E-state index is 10.5. The predicted molar refractivity (Wildman–Crippen MR) is 58.3 cm³/mol. The van der Waals surface area contributed by atoms with Gasteiger partial charge in [0.25, 0.3) is 0 Å². The molecule has 1 aromatic carbocycles. The lowest BCUT2D eigenvalue weighted by molar-refractivity contribution is -0.117. The summed E-state index contributed by atoms with van der Waals surface area (Å²) in [7, 11) is 1.64. The van der Waals surface area contributed by atoms with Gasteiger partial charge in [0.2, 0.25) is 5.91 Å². The Balaban J connectivity index is 2.46. The molecule has 1 rings (SSSR count). The average Bonchev–Trinajstić information content (AvgIpc) is 2.25. The molecule has 0 spiro atoms. The highest BCUT2D eigenvalue weighted by molar-refractivity contribution is 5.75. The first-order valence-electron chi connectivity index (χ1n) is 4.81. The lowest BCUT2D eigenvalue weighted by Crippen LogP contribution is -2.32. The van der Waals surface area contributed by atoms with E-state index in [2.05, 4.69) is 5.32 Å². The van der Waals surface area contributed by atoms with Gasteiger partial charge < -0.3 is 15.8 Å². The number of carbonyl (C=O) groups is 1. The first kappa shape index (κ1) is 11.7. The molecule has 0 bridgehead atoms. The molecule has 4 heteroatoms. The van der Waals surface area contributed by atoms with E-state index in [0.717, 1.165) is 5.56 Å². The van der Waals surface area contributed by atoms with Crippen molar-refractivity contribution in [3.8, 4) is 0 Å². The number of nitrogens with one attached hydrogen (secondary N) is 1. The highest BCUT2D eigenvalue weighted by atomic mass is 16.5. The van der Waals surface area contributed by atoms with Gasteiger partial charge in [-0.3, -0.25) is 4.79 Å². The van der Waals surface area contributed by atoms with Gasteiger partial charge in [-0.25, -0.2) is 0 Å². The number of primary amides is 1. The summed E-state index contributed by atoms with van der Waals surface area (Å²) in [6.45, 7) is 0.746. The lowest BCUT2D eigenvalue weighted by Gasteiger charge is -2.15. The minimum Gasteiger partial charge on any atom is -0.375 e. The summed E-state index contributed by atoms with van der Waals surface area (Å²) in [5, 5.41) is 2.93. The topological polar surface area (TPSA) is 64.3 Å². The van der Waals surface area contributed by atoms with Gasteiger partial charge in [0.05, 0.1) is 12.6 Å². The van der Waals surface area contributed by atoms with Crippen molar-refractivity contribution in [3.05, 3.63) is 35.9 Å². The fourth-order valence-electron chi connectivity index (χ4n) is 1.33. The van der Waals surface area contributed by atoms with Crippen molar-refractivity contribution in [2.45, 2.75) is 6.10 Å². The molecule has 1 atom stereocenters. The van der Waals surface area contributed by atoms with Crippen LogP contribution in [-0.2, 0) is 9.53 Å². The highest BCUT2D eigenvalue weighted by Crippen LogP contribution is 2.14. The molecule has 15 heavy (non-hydrogen) atoms. The number of hydrogen-bond donors (Lipinski definition) is 2. The van der Waals surface area contributed by atoms with Crippen molar-refractivity contribution in [1.82, 2.24) is 5.32 Å². The standard InChI is InChI=1S/C11H16N2O2/c1-15-10(7-13-8-11(12)14)9-5-3-2-4-6-9/h2-6,10,13H,7-8H2,1H3,(H2,12,14)/t10-/m1/s1. The van der Waals surface area contributed by atoms with Crippen LogP contribution in [0.15, 0.2) is 30.3 Å². The van der Waals surface area contributed by atoms with Crippen LogP contribution in [0.2, 0.25) is 0 Å². The average molecular weight is 208 g/mol. The van der Waals surface area contributed by atoms with Crippen LogP contribution < -0.4 is 11.1 Å². The van der Waals surface area contributed by atoms with Crippen LogP contribution >= 0.6 is 0 Å². The number of amides is 1. The number of nitrogens with two attached hydrogens (primary N) is 1. The normalized spacial score (nSPS) is 12.3. The smallest absolute Gasteiger partial charge is 0.231 e. The summed E-state index contributed by atoms with van der Waals surface area (Å²) < 4.78 is 5.30. The van der Waals surface area contributed by atoms with Crippen molar-refractivity contribution < 1.29 is 9.53 Å². The number of hydrogen-bond acceptors (Lipinski definition) is 3. The number of carbonyl (C=O) groups excluding carboxylic acids is 1. The molecule has 0 aliphatic carbocycles. The molecular weight excluding hydrogens is 192 g/mol. The molecular formula is C11H16N2O2. The van der Waals surface area contributed by atoms with Gasteiger partial charge in [0.1, 0.15) is 0 Å². The maximum atomic E-state index is 10.5. The largest absolute Gasteiger partial charge is 0.375 e. The minimum atomic E-state index is -0.363. The second-order valence-electron chi connectivity index (χ2n) is 3.23. The second-order valence-corrected chi connectivity index (χ2v) is 3.23. The van der Waals surface area contributed by atoms with Crippen LogP contribution in [0, 0.1) is 0 Å². The van der Waals surface area contributed by atoms with E-state index in [9.17, 15) is 4.79 Å². The molecule has 1 amide bonds. The molecule has 1 aromatic rings. The van der Waals surface area contributed by atoms with Gasteiger partial charge in [-0.2, -0.15) is 0 Å². The summed E-state index contributed by atoms with van der Waals surface area (Å²) in [5.41, 5.74) is 6.10. The fraction of sp³-hybridized carbons (Fsp3) is 0.364. The van der Waals surface area contributed by atoms with E-state index in [4.69, 9.17) is 10.5 Å². The maximum Gasteiger partial charge on any atom is 0.231 e. The monoisotopic (exact) mass is 208 g/mol. The molecule has 0 aliphatic rings. The quantitative estimate of drug-likeness (QED) is 0.713. The Kier molecular flexibility index (Phi) is 4.80. The molecule has 82 valence electrons. The molecule has 0 aliphatic heterocycles. The van der Waals surface area contributed by atoms with Crippen LogP contribution in [0.4, 0.5) is 0 Å². The van der Waals surface area contributed by atoms with Crippen LogP contribution in [0.5, 0.6) is 0 Å². The molecule has 0 radical (unpaired) electrons. The Morgan fingerprint density at radius 1 is 1.47 bits per heavy atom. The molecule has 0 heterocycles. The second kappa shape index (κ2) is 6.16. The summed E-state index contributed by atoms with van der Waals surface area (Å²) in [6, 6.07) is 9.83. The molecule has 4 nitrogen and oxygen atoms in total. The minimum absolute atomic E-state index is 0.0504. The Bertz CT molecular complexity index is 301. The van der Waals surface area contributed by atoms with Crippen LogP contribution in [-0.4, -0.2) is 26.1 Å². The van der Waals surface area contributed by atoms with Crippen molar-refractivity contribution in [2.24, 2.45) is 5.73 Å². The Labute approximate surface area is 89.4 Å². The molecule has 0 saturated carbocycles. The van der Waals surface area contributed by atoms with E-state index >= 15 is 0 Å². The number of benzene rings is 1. The lowest BCUT2D eigenvalue weighted by atomic mass is 10.1. The van der Waals surface area contributed by atoms with Gasteiger partial charge in [0, 0.05) is 13.7 Å². The SMILES string of the molecule is CO[C@H](CNCC(N)=O)c1ccccc1. The third-order valence-corrected chi connectivity index (χ3v) is 2.08. The zero-order chi connectivity index (χ0) is 11.1. The van der Waals surface area contributed by atoms with E-state index < -0.39 is 0 Å². The van der Waals surface area contributed by atoms with Crippen LogP contribution in [0.1, 0.15) is 11.7 Å². The number of rotatable bonds is 6. The molecule has 0 unspecified atom stereocenters. The van der Waals surface area contributed by atoms with Gasteiger partial charge >= 0.3 is 0 Å². The molecule has 0 aromatic heterocycles. The zero-order valence-corrected chi connectivity index (χ0v) is 8.77. The van der Waals surface area contributed by atoms with Crippen LogP contribution in [0.25, 0.3) is 0 Å². The van der Waals surface area contributed by atoms with E-state index in [0.29, 0.717) is 6.54 Å². The molecule has 3 N–H and O–H groups in total. The van der Waals surface area contributed by atoms with Gasteiger partial charge in [-0.1, -0.05) is 30.3 Å². The van der Waals surface area contributed by atoms with Crippen molar-refractivity contribution in [1.29, 1.82) is 0 Å². The van der Waals surface area contributed by atoms with E-state index in [-0.39, 0.29) is 18.6 Å².